The maximum atomic E-state index is 11.9. The van der Waals surface area contributed by atoms with Gasteiger partial charge in [-0.1, -0.05) is 54.1 Å². The highest BCUT2D eigenvalue weighted by Crippen LogP contribution is 2.16. The first-order valence-corrected chi connectivity index (χ1v) is 7.12. The van der Waals surface area contributed by atoms with E-state index in [2.05, 4.69) is 11.4 Å². The van der Waals surface area contributed by atoms with Crippen molar-refractivity contribution in [3.05, 3.63) is 70.8 Å². The van der Waals surface area contributed by atoms with Gasteiger partial charge in [0.15, 0.2) is 0 Å². The second-order valence-electron chi connectivity index (χ2n) is 5.34. The van der Waals surface area contributed by atoms with Crippen LogP contribution in [0, 0.1) is 13.8 Å². The molecule has 0 aliphatic carbocycles. The van der Waals surface area contributed by atoms with E-state index in [1.54, 1.807) is 0 Å². The summed E-state index contributed by atoms with van der Waals surface area (Å²) in [6, 6.07) is 15.4. The molecule has 110 valence electrons. The van der Waals surface area contributed by atoms with E-state index in [1.807, 2.05) is 56.3 Å². The van der Waals surface area contributed by atoms with Gasteiger partial charge in [0, 0.05) is 6.54 Å². The molecule has 0 saturated carbocycles. The molecule has 0 saturated heterocycles. The van der Waals surface area contributed by atoms with Crippen LogP contribution < -0.4 is 5.32 Å². The quantitative estimate of drug-likeness (QED) is 0.886. The maximum absolute atomic E-state index is 11.9. The number of amides is 1. The molecule has 2 rings (SSSR count). The number of nitrogens with one attached hydrogen (secondary N) is 1. The highest BCUT2D eigenvalue weighted by Gasteiger charge is 2.12. The van der Waals surface area contributed by atoms with Crippen LogP contribution in [-0.4, -0.2) is 11.0 Å². The van der Waals surface area contributed by atoms with Crippen molar-refractivity contribution in [1.29, 1.82) is 0 Å². The van der Waals surface area contributed by atoms with Gasteiger partial charge in [-0.15, -0.1) is 0 Å². The fourth-order valence-corrected chi connectivity index (χ4v) is 2.28. The summed E-state index contributed by atoms with van der Waals surface area (Å²) in [7, 11) is 0. The Morgan fingerprint density at radius 2 is 1.86 bits per heavy atom. The Morgan fingerprint density at radius 3 is 2.52 bits per heavy atom. The molecule has 0 heterocycles. The average molecular weight is 283 g/mol. The lowest BCUT2D eigenvalue weighted by Gasteiger charge is -2.12. The zero-order valence-electron chi connectivity index (χ0n) is 12.5. The van der Waals surface area contributed by atoms with Crippen LogP contribution in [0.25, 0.3) is 0 Å². The lowest BCUT2D eigenvalue weighted by molar-refractivity contribution is -0.123. The molecule has 0 aliphatic heterocycles. The van der Waals surface area contributed by atoms with Crippen LogP contribution >= 0.6 is 0 Å². The molecule has 1 atom stereocenters. The minimum absolute atomic E-state index is 0.0783. The van der Waals surface area contributed by atoms with Crippen LogP contribution in [0.15, 0.2) is 48.5 Å². The van der Waals surface area contributed by atoms with E-state index in [-0.39, 0.29) is 12.3 Å². The van der Waals surface area contributed by atoms with Crippen molar-refractivity contribution in [2.24, 2.45) is 0 Å². The number of benzene rings is 2. The zero-order chi connectivity index (χ0) is 15.2. The first kappa shape index (κ1) is 15.3. The average Bonchev–Trinajstić information content (AvgIpc) is 2.47. The van der Waals surface area contributed by atoms with Gasteiger partial charge in [-0.25, -0.2) is 0 Å². The number of aliphatic hydroxyl groups is 1. The molecule has 2 aromatic rings. The third kappa shape index (κ3) is 4.43. The molecule has 0 fully saturated rings. The van der Waals surface area contributed by atoms with Crippen molar-refractivity contribution < 1.29 is 9.90 Å². The predicted molar refractivity (Wildman–Crippen MR) is 83.8 cm³/mol. The Kier molecular flexibility index (Phi) is 5.12. The predicted octanol–water partition coefficient (Wildman–Crippen LogP) is 3.04. The molecule has 1 unspecified atom stereocenters. The Bertz CT molecular complexity index is 608. The number of aliphatic hydroxyl groups excluding tert-OH is 1. The second-order valence-corrected chi connectivity index (χ2v) is 5.34. The molecule has 21 heavy (non-hydrogen) atoms. The van der Waals surface area contributed by atoms with Crippen LogP contribution in [-0.2, 0) is 11.3 Å². The normalized spacial score (nSPS) is 12.0. The summed E-state index contributed by atoms with van der Waals surface area (Å²) >= 11 is 0. The minimum atomic E-state index is -0.759. The van der Waals surface area contributed by atoms with Gasteiger partial charge in [-0.2, -0.15) is 0 Å². The van der Waals surface area contributed by atoms with Crippen molar-refractivity contribution in [3.8, 4) is 0 Å². The molecular formula is C18H21NO2. The van der Waals surface area contributed by atoms with E-state index in [1.165, 1.54) is 11.1 Å². The van der Waals surface area contributed by atoms with Gasteiger partial charge >= 0.3 is 0 Å². The topological polar surface area (TPSA) is 49.3 Å². The van der Waals surface area contributed by atoms with Crippen LogP contribution in [0.2, 0.25) is 0 Å². The van der Waals surface area contributed by atoms with E-state index in [4.69, 9.17) is 0 Å². The lowest BCUT2D eigenvalue weighted by Crippen LogP contribution is -2.25. The van der Waals surface area contributed by atoms with E-state index in [0.29, 0.717) is 6.54 Å². The molecule has 0 radical (unpaired) electrons. The van der Waals surface area contributed by atoms with Crippen LogP contribution in [0.1, 0.15) is 34.8 Å². The number of hydrogen-bond acceptors (Lipinski definition) is 2. The van der Waals surface area contributed by atoms with Crippen molar-refractivity contribution in [3.63, 3.8) is 0 Å². The zero-order valence-corrected chi connectivity index (χ0v) is 12.5. The number of carbonyl (C=O) groups excluding carboxylic acids is 1. The van der Waals surface area contributed by atoms with Crippen molar-refractivity contribution in [2.75, 3.05) is 0 Å². The van der Waals surface area contributed by atoms with Crippen molar-refractivity contribution >= 4 is 5.91 Å². The van der Waals surface area contributed by atoms with Gasteiger partial charge in [0.2, 0.25) is 5.91 Å². The summed E-state index contributed by atoms with van der Waals surface area (Å²) in [4.78, 5) is 11.9. The summed E-state index contributed by atoms with van der Waals surface area (Å²) < 4.78 is 0. The van der Waals surface area contributed by atoms with Gasteiger partial charge in [-0.05, 0) is 30.5 Å². The third-order valence-corrected chi connectivity index (χ3v) is 3.54. The molecule has 2 N–H and O–H groups in total. The second kappa shape index (κ2) is 7.04. The summed E-state index contributed by atoms with van der Waals surface area (Å²) in [6.07, 6.45) is -0.681. The minimum Gasteiger partial charge on any atom is -0.388 e. The summed E-state index contributed by atoms with van der Waals surface area (Å²) in [5, 5.41) is 12.9. The molecule has 2 aromatic carbocycles. The fourth-order valence-electron chi connectivity index (χ4n) is 2.28. The summed E-state index contributed by atoms with van der Waals surface area (Å²) in [5.74, 6) is -0.147. The first-order chi connectivity index (χ1) is 10.1. The highest BCUT2D eigenvalue weighted by molar-refractivity contribution is 5.76. The first-order valence-electron chi connectivity index (χ1n) is 7.12. The van der Waals surface area contributed by atoms with Gasteiger partial charge < -0.3 is 10.4 Å². The largest absolute Gasteiger partial charge is 0.388 e. The van der Waals surface area contributed by atoms with Gasteiger partial charge in [-0.3, -0.25) is 4.79 Å². The monoisotopic (exact) mass is 283 g/mol. The molecule has 3 nitrogen and oxygen atoms in total. The SMILES string of the molecule is Cc1ccc(CNC(=O)CC(O)c2ccccc2)c(C)c1. The number of carbonyl (C=O) groups is 1. The van der Waals surface area contributed by atoms with Crippen LogP contribution in [0.4, 0.5) is 0 Å². The van der Waals surface area contributed by atoms with Crippen LogP contribution in [0.3, 0.4) is 0 Å². The Labute approximate surface area is 125 Å². The highest BCUT2D eigenvalue weighted by atomic mass is 16.3. The Hall–Kier alpha value is -2.13. The Balaban J connectivity index is 1.87. The third-order valence-electron chi connectivity index (χ3n) is 3.54. The molecule has 0 spiro atoms. The lowest BCUT2D eigenvalue weighted by atomic mass is 10.0. The molecule has 0 aromatic heterocycles. The standard InChI is InChI=1S/C18H21NO2/c1-13-8-9-16(14(2)10-13)12-19-18(21)11-17(20)15-6-4-3-5-7-15/h3-10,17,20H,11-12H2,1-2H3,(H,19,21). The van der Waals surface area contributed by atoms with Gasteiger partial charge in [0.25, 0.3) is 0 Å². The van der Waals surface area contributed by atoms with E-state index in [0.717, 1.165) is 11.1 Å². The van der Waals surface area contributed by atoms with Crippen LogP contribution in [0.5, 0.6) is 0 Å². The van der Waals surface area contributed by atoms with E-state index >= 15 is 0 Å². The maximum Gasteiger partial charge on any atom is 0.223 e. The molecule has 1 amide bonds. The van der Waals surface area contributed by atoms with Crippen molar-refractivity contribution in [1.82, 2.24) is 5.32 Å². The number of rotatable bonds is 5. The molecule has 3 heteroatoms. The fraction of sp³-hybridized carbons (Fsp3) is 0.278. The van der Waals surface area contributed by atoms with E-state index < -0.39 is 6.10 Å². The van der Waals surface area contributed by atoms with Gasteiger partial charge in [0.1, 0.15) is 0 Å². The van der Waals surface area contributed by atoms with Gasteiger partial charge in [0.05, 0.1) is 12.5 Å². The number of aryl methyl sites for hydroxylation is 2. The molecule has 0 bridgehead atoms. The Morgan fingerprint density at radius 1 is 1.14 bits per heavy atom. The van der Waals surface area contributed by atoms with Crippen molar-refractivity contribution in [2.45, 2.75) is 32.9 Å². The molecule has 0 aliphatic rings. The number of hydrogen-bond donors (Lipinski definition) is 2. The summed E-state index contributed by atoms with van der Waals surface area (Å²) in [5.41, 5.74) is 4.24. The summed E-state index contributed by atoms with van der Waals surface area (Å²) in [6.45, 7) is 4.57. The molecular weight excluding hydrogens is 262 g/mol. The van der Waals surface area contributed by atoms with E-state index in [9.17, 15) is 9.90 Å². The smallest absolute Gasteiger partial charge is 0.223 e.